The average molecular weight is 494 g/mol. The Kier molecular flexibility index (Phi) is 8.73. The van der Waals surface area contributed by atoms with Gasteiger partial charge in [0.25, 0.3) is 5.91 Å². The molecule has 3 aromatic rings. The first-order chi connectivity index (χ1) is 17.3. The van der Waals surface area contributed by atoms with Gasteiger partial charge in [0.1, 0.15) is 5.75 Å². The van der Waals surface area contributed by atoms with Crippen LogP contribution in [0.2, 0.25) is 0 Å². The zero-order valence-electron chi connectivity index (χ0n) is 19.1. The van der Waals surface area contributed by atoms with Crippen LogP contribution < -0.4 is 15.5 Å². The van der Waals surface area contributed by atoms with Gasteiger partial charge >= 0.3 is 6.09 Å². The van der Waals surface area contributed by atoms with Gasteiger partial charge in [0, 0.05) is 17.3 Å². The van der Waals surface area contributed by atoms with Crippen molar-refractivity contribution in [3.63, 3.8) is 0 Å². The molecule has 186 valence electrons. The third-order valence-electron chi connectivity index (χ3n) is 4.93. The molecule has 0 heterocycles. The second-order valence-corrected chi connectivity index (χ2v) is 7.53. The van der Waals surface area contributed by atoms with Crippen molar-refractivity contribution in [3.05, 3.63) is 102 Å². The Hall–Kier alpha value is -4.70. The molecule has 0 saturated carbocycles. The Morgan fingerprint density at radius 3 is 2.31 bits per heavy atom. The molecule has 0 radical (unpaired) electrons. The standard InChI is InChI=1S/C26H23FN2O7/c1-16(30)17-7-10-19(11-8-17)28-26(33)36-25(18-9-12-22(31)21(27)15-18)23(13-14-24(32)29-34)35-20-5-3-2-4-6-20/h2-15,23,25,31,34H,1H3,(H,28,33)(H,29,32)/b14-13+/t23-,25-/m1/s1. The Bertz CT molecular complexity index is 1250. The average Bonchev–Trinajstić information content (AvgIpc) is 2.87. The van der Waals surface area contributed by atoms with Gasteiger partial charge in [-0.15, -0.1) is 0 Å². The van der Waals surface area contributed by atoms with Crippen molar-refractivity contribution >= 4 is 23.5 Å². The minimum absolute atomic E-state index is 0.113. The van der Waals surface area contributed by atoms with Crippen molar-refractivity contribution < 1.29 is 38.6 Å². The number of Topliss-reactive ketones (excluding diaryl/α,β-unsaturated/α-hetero) is 1. The lowest BCUT2D eigenvalue weighted by Gasteiger charge is -2.26. The van der Waals surface area contributed by atoms with Crippen LogP contribution in [0.1, 0.15) is 28.9 Å². The second-order valence-electron chi connectivity index (χ2n) is 7.53. The van der Waals surface area contributed by atoms with Crippen LogP contribution in [-0.4, -0.2) is 34.2 Å². The molecular weight excluding hydrogens is 471 g/mol. The summed E-state index contributed by atoms with van der Waals surface area (Å²) in [5.74, 6) is -2.23. The molecule has 2 atom stereocenters. The van der Waals surface area contributed by atoms with Crippen LogP contribution in [0.15, 0.2) is 84.9 Å². The van der Waals surface area contributed by atoms with E-state index in [0.717, 1.165) is 18.2 Å². The van der Waals surface area contributed by atoms with E-state index in [9.17, 15) is 23.9 Å². The summed E-state index contributed by atoms with van der Waals surface area (Å²) < 4.78 is 25.7. The zero-order valence-corrected chi connectivity index (χ0v) is 19.1. The number of benzene rings is 3. The fourth-order valence-electron chi connectivity index (χ4n) is 3.15. The van der Waals surface area contributed by atoms with Crippen molar-refractivity contribution in [2.24, 2.45) is 0 Å². The molecule has 36 heavy (non-hydrogen) atoms. The van der Waals surface area contributed by atoms with Crippen LogP contribution >= 0.6 is 0 Å². The summed E-state index contributed by atoms with van der Waals surface area (Å²) in [7, 11) is 0. The maximum absolute atomic E-state index is 14.2. The third kappa shape index (κ3) is 7.15. The summed E-state index contributed by atoms with van der Waals surface area (Å²) in [5, 5.41) is 21.0. The molecule has 0 aliphatic heterocycles. The number of hydrogen-bond donors (Lipinski definition) is 4. The van der Waals surface area contributed by atoms with E-state index in [-0.39, 0.29) is 11.3 Å². The Balaban J connectivity index is 1.93. The number of halogens is 1. The summed E-state index contributed by atoms with van der Waals surface area (Å²) >= 11 is 0. The summed E-state index contributed by atoms with van der Waals surface area (Å²) in [5.41, 5.74) is 2.34. The van der Waals surface area contributed by atoms with Gasteiger partial charge in [0.05, 0.1) is 0 Å². The lowest BCUT2D eigenvalue weighted by molar-refractivity contribution is -0.124. The first-order valence-electron chi connectivity index (χ1n) is 10.7. The third-order valence-corrected chi connectivity index (χ3v) is 4.93. The van der Waals surface area contributed by atoms with E-state index in [1.54, 1.807) is 30.3 Å². The SMILES string of the molecule is CC(=O)c1ccc(NC(=O)O[C@H](c2ccc(O)c(F)c2)[C@@H](/C=C/C(=O)NO)Oc2ccccc2)cc1. The molecule has 0 spiro atoms. The highest BCUT2D eigenvalue weighted by molar-refractivity contribution is 5.95. The Labute approximate surface area is 205 Å². The number of carbonyl (C=O) groups is 3. The van der Waals surface area contributed by atoms with E-state index >= 15 is 0 Å². The highest BCUT2D eigenvalue weighted by atomic mass is 19.1. The number of hydroxylamine groups is 1. The fourth-order valence-corrected chi connectivity index (χ4v) is 3.15. The number of nitrogens with one attached hydrogen (secondary N) is 2. The van der Waals surface area contributed by atoms with E-state index in [1.807, 2.05) is 0 Å². The molecule has 3 rings (SSSR count). The van der Waals surface area contributed by atoms with Gasteiger partial charge in [-0.1, -0.05) is 24.3 Å². The van der Waals surface area contributed by atoms with E-state index in [1.165, 1.54) is 48.8 Å². The van der Waals surface area contributed by atoms with E-state index in [0.29, 0.717) is 17.0 Å². The van der Waals surface area contributed by atoms with Gasteiger partial charge in [-0.25, -0.2) is 14.7 Å². The topological polar surface area (TPSA) is 134 Å². The molecule has 0 unspecified atom stereocenters. The first-order valence-corrected chi connectivity index (χ1v) is 10.7. The number of rotatable bonds is 9. The minimum Gasteiger partial charge on any atom is -0.505 e. The number of phenols is 1. The van der Waals surface area contributed by atoms with Gasteiger partial charge in [-0.3, -0.25) is 20.1 Å². The van der Waals surface area contributed by atoms with Gasteiger partial charge < -0.3 is 14.6 Å². The smallest absolute Gasteiger partial charge is 0.412 e. The quantitative estimate of drug-likeness (QED) is 0.149. The second kappa shape index (κ2) is 12.1. The van der Waals surface area contributed by atoms with Crippen LogP contribution in [0, 0.1) is 5.82 Å². The summed E-state index contributed by atoms with van der Waals surface area (Å²) in [6, 6.07) is 17.9. The van der Waals surface area contributed by atoms with Crippen LogP contribution in [-0.2, 0) is 9.53 Å². The lowest BCUT2D eigenvalue weighted by Crippen LogP contribution is -2.30. The molecule has 0 saturated heterocycles. The van der Waals surface area contributed by atoms with Crippen LogP contribution in [0.5, 0.6) is 11.5 Å². The Morgan fingerprint density at radius 1 is 1.00 bits per heavy atom. The minimum atomic E-state index is -1.31. The van der Waals surface area contributed by atoms with E-state index < -0.39 is 35.8 Å². The number of ether oxygens (including phenoxy) is 2. The lowest BCUT2D eigenvalue weighted by atomic mass is 10.0. The number of anilines is 1. The number of ketones is 1. The molecule has 10 heteroatoms. The van der Waals surface area contributed by atoms with Crippen molar-refractivity contribution in [2.75, 3.05) is 5.32 Å². The normalized spacial score (nSPS) is 12.4. The Morgan fingerprint density at radius 2 is 1.69 bits per heavy atom. The van der Waals surface area contributed by atoms with Gasteiger partial charge in [0.2, 0.25) is 0 Å². The van der Waals surface area contributed by atoms with Crippen LogP contribution in [0.3, 0.4) is 0 Å². The highest BCUT2D eigenvalue weighted by Gasteiger charge is 2.29. The molecule has 0 bridgehead atoms. The van der Waals surface area contributed by atoms with Crippen molar-refractivity contribution in [1.82, 2.24) is 5.48 Å². The predicted molar refractivity (Wildman–Crippen MR) is 127 cm³/mol. The van der Waals surface area contributed by atoms with Crippen molar-refractivity contribution in [3.8, 4) is 11.5 Å². The summed E-state index contributed by atoms with van der Waals surface area (Å²) in [6.07, 6.45) is -1.23. The monoisotopic (exact) mass is 494 g/mol. The van der Waals surface area contributed by atoms with Crippen LogP contribution in [0.4, 0.5) is 14.9 Å². The summed E-state index contributed by atoms with van der Waals surface area (Å²) in [6.45, 7) is 1.41. The molecule has 3 aromatic carbocycles. The molecule has 9 nitrogen and oxygen atoms in total. The molecule has 4 N–H and O–H groups in total. The zero-order chi connectivity index (χ0) is 26.1. The number of amides is 2. The molecule has 0 aromatic heterocycles. The fraction of sp³-hybridized carbons (Fsp3) is 0.115. The van der Waals surface area contributed by atoms with Gasteiger partial charge in [-0.05, 0) is 67.1 Å². The highest BCUT2D eigenvalue weighted by Crippen LogP contribution is 2.30. The van der Waals surface area contributed by atoms with E-state index in [2.05, 4.69) is 5.32 Å². The van der Waals surface area contributed by atoms with Crippen molar-refractivity contribution in [2.45, 2.75) is 19.1 Å². The molecule has 2 amide bonds. The van der Waals surface area contributed by atoms with Gasteiger partial charge in [0.15, 0.2) is 29.6 Å². The maximum atomic E-state index is 14.2. The summed E-state index contributed by atoms with van der Waals surface area (Å²) in [4.78, 5) is 35.9. The molecule has 0 aliphatic rings. The number of hydrogen-bond acceptors (Lipinski definition) is 7. The number of phenolic OH excluding ortho intramolecular Hbond substituents is 1. The molecular formula is C26H23FN2O7. The van der Waals surface area contributed by atoms with Crippen LogP contribution in [0.25, 0.3) is 0 Å². The molecule has 0 aliphatic carbocycles. The maximum Gasteiger partial charge on any atom is 0.412 e. The largest absolute Gasteiger partial charge is 0.505 e. The number of para-hydroxylation sites is 1. The number of carbonyl (C=O) groups excluding carboxylic acids is 3. The molecule has 0 fully saturated rings. The number of aromatic hydroxyl groups is 1. The van der Waals surface area contributed by atoms with E-state index in [4.69, 9.17) is 14.7 Å². The predicted octanol–water partition coefficient (Wildman–Crippen LogP) is 4.53. The first kappa shape index (κ1) is 25.9. The van der Waals surface area contributed by atoms with Crippen molar-refractivity contribution in [1.29, 1.82) is 0 Å². The van der Waals surface area contributed by atoms with Gasteiger partial charge in [-0.2, -0.15) is 0 Å².